The lowest BCUT2D eigenvalue weighted by atomic mass is 10.2. The van der Waals surface area contributed by atoms with Crippen molar-refractivity contribution in [1.82, 2.24) is 15.5 Å². The zero-order chi connectivity index (χ0) is 24.9. The lowest BCUT2D eigenvalue weighted by molar-refractivity contribution is -0.181. The number of carbonyl (C=O) groups excluding carboxylic acids is 3. The highest BCUT2D eigenvalue weighted by Crippen LogP contribution is 2.28. The predicted octanol–water partition coefficient (Wildman–Crippen LogP) is 1.34. The SMILES string of the molecule is O=C(NCC1CN(c2ccc(N3CCON(C(=O)Cc4ccon4)CC3)c(F)c2)C(=O)O1)C(F)F. The molecule has 1 aromatic heterocycles. The first-order valence-electron chi connectivity index (χ1n) is 10.7. The molecule has 35 heavy (non-hydrogen) atoms. The van der Waals surface area contributed by atoms with E-state index in [2.05, 4.69) is 5.16 Å². The average molecular weight is 497 g/mol. The highest BCUT2D eigenvalue weighted by atomic mass is 19.3. The number of rotatable bonds is 7. The lowest BCUT2D eigenvalue weighted by Gasteiger charge is -2.24. The third-order valence-corrected chi connectivity index (χ3v) is 5.44. The molecule has 2 aliphatic heterocycles. The van der Waals surface area contributed by atoms with Crippen LogP contribution in [0.15, 0.2) is 35.1 Å². The van der Waals surface area contributed by atoms with Crippen LogP contribution in [0.25, 0.3) is 0 Å². The molecule has 4 rings (SSSR count). The number of nitrogens with zero attached hydrogens (tertiary/aromatic N) is 4. The number of alkyl halides is 2. The number of anilines is 2. The number of carbonyl (C=O) groups is 3. The molecule has 11 nitrogen and oxygen atoms in total. The minimum Gasteiger partial charge on any atom is -0.442 e. The number of halogens is 3. The van der Waals surface area contributed by atoms with Gasteiger partial charge in [-0.25, -0.2) is 14.2 Å². The molecular weight excluding hydrogens is 475 g/mol. The van der Waals surface area contributed by atoms with Crippen molar-refractivity contribution in [3.63, 3.8) is 0 Å². The fourth-order valence-electron chi connectivity index (χ4n) is 3.71. The Labute approximate surface area is 197 Å². The van der Waals surface area contributed by atoms with Gasteiger partial charge in [0.1, 0.15) is 18.2 Å². The van der Waals surface area contributed by atoms with Gasteiger partial charge in [-0.05, 0) is 18.2 Å². The molecule has 1 N–H and O–H groups in total. The quantitative estimate of drug-likeness (QED) is 0.609. The van der Waals surface area contributed by atoms with Crippen LogP contribution in [0, 0.1) is 5.82 Å². The summed E-state index contributed by atoms with van der Waals surface area (Å²) in [7, 11) is 0. The molecule has 188 valence electrons. The Morgan fingerprint density at radius 3 is 2.74 bits per heavy atom. The number of aromatic nitrogens is 1. The third-order valence-electron chi connectivity index (χ3n) is 5.44. The van der Waals surface area contributed by atoms with Crippen molar-refractivity contribution < 1.29 is 41.7 Å². The second-order valence-electron chi connectivity index (χ2n) is 7.78. The summed E-state index contributed by atoms with van der Waals surface area (Å²) < 4.78 is 49.4. The highest BCUT2D eigenvalue weighted by molar-refractivity contribution is 5.90. The van der Waals surface area contributed by atoms with Crippen LogP contribution in [0.5, 0.6) is 0 Å². The number of nitrogens with one attached hydrogen (secondary N) is 1. The van der Waals surface area contributed by atoms with Crippen LogP contribution in [0.4, 0.5) is 29.3 Å². The van der Waals surface area contributed by atoms with Gasteiger partial charge in [0, 0.05) is 19.2 Å². The summed E-state index contributed by atoms with van der Waals surface area (Å²) in [6, 6.07) is 5.77. The van der Waals surface area contributed by atoms with E-state index in [0.717, 1.165) is 11.0 Å². The molecule has 1 aromatic carbocycles. The van der Waals surface area contributed by atoms with Gasteiger partial charge in [-0.2, -0.15) is 8.78 Å². The zero-order valence-corrected chi connectivity index (χ0v) is 18.4. The molecule has 3 amide bonds. The number of benzene rings is 1. The Hall–Kier alpha value is -3.81. The van der Waals surface area contributed by atoms with Crippen molar-refractivity contribution in [1.29, 1.82) is 0 Å². The Balaban J connectivity index is 1.35. The van der Waals surface area contributed by atoms with E-state index in [0.29, 0.717) is 18.8 Å². The monoisotopic (exact) mass is 497 g/mol. The molecule has 0 spiro atoms. The zero-order valence-electron chi connectivity index (χ0n) is 18.4. The van der Waals surface area contributed by atoms with Gasteiger partial charge in [-0.1, -0.05) is 5.16 Å². The maximum Gasteiger partial charge on any atom is 0.414 e. The van der Waals surface area contributed by atoms with E-state index in [1.54, 1.807) is 11.0 Å². The molecule has 2 aromatic rings. The van der Waals surface area contributed by atoms with Crippen molar-refractivity contribution in [2.75, 3.05) is 49.1 Å². The van der Waals surface area contributed by atoms with Gasteiger partial charge >= 0.3 is 12.5 Å². The van der Waals surface area contributed by atoms with Gasteiger partial charge in [0.05, 0.1) is 49.7 Å². The van der Waals surface area contributed by atoms with E-state index in [9.17, 15) is 27.6 Å². The number of cyclic esters (lactones) is 1. The van der Waals surface area contributed by atoms with Crippen molar-refractivity contribution in [2.24, 2.45) is 0 Å². The third kappa shape index (κ3) is 5.82. The summed E-state index contributed by atoms with van der Waals surface area (Å²) in [4.78, 5) is 44.0. The number of hydrogen-bond donors (Lipinski definition) is 1. The second-order valence-corrected chi connectivity index (χ2v) is 7.78. The van der Waals surface area contributed by atoms with Crippen molar-refractivity contribution in [2.45, 2.75) is 19.0 Å². The molecule has 0 aliphatic carbocycles. The Morgan fingerprint density at radius 1 is 1.20 bits per heavy atom. The molecule has 1 unspecified atom stereocenters. The van der Waals surface area contributed by atoms with Crippen molar-refractivity contribution in [3.05, 3.63) is 42.0 Å². The molecule has 14 heteroatoms. The molecule has 3 heterocycles. The Morgan fingerprint density at radius 2 is 2.03 bits per heavy atom. The van der Waals surface area contributed by atoms with Crippen LogP contribution in [0.3, 0.4) is 0 Å². The van der Waals surface area contributed by atoms with Gasteiger partial charge < -0.3 is 19.5 Å². The van der Waals surface area contributed by atoms with Crippen LogP contribution in [-0.4, -0.2) is 80.0 Å². The summed E-state index contributed by atoms with van der Waals surface area (Å²) >= 11 is 0. The Kier molecular flexibility index (Phi) is 7.39. The number of ether oxygens (including phenoxy) is 1. The largest absolute Gasteiger partial charge is 0.442 e. The molecule has 0 bridgehead atoms. The topological polar surface area (TPSA) is 117 Å². The van der Waals surface area contributed by atoms with Crippen LogP contribution in [-0.2, 0) is 25.6 Å². The molecule has 2 saturated heterocycles. The number of hydroxylamine groups is 2. The standard InChI is InChI=1S/C21H22F3N5O6/c22-16-10-14(28-12-15(35-21(28)32)11-25-20(31)19(23)24)1-2-17(16)27-4-5-29(34-8-6-27)18(30)9-13-3-7-33-26-13/h1-3,7,10,15,19H,4-6,8-9,11-12H2,(H,25,31). The summed E-state index contributed by atoms with van der Waals surface area (Å²) in [5.41, 5.74) is 0.950. The molecule has 0 saturated carbocycles. The molecule has 1 atom stereocenters. The fraction of sp³-hybridized carbons (Fsp3) is 0.429. The van der Waals surface area contributed by atoms with Crippen LogP contribution >= 0.6 is 0 Å². The van der Waals surface area contributed by atoms with E-state index < -0.39 is 30.3 Å². The summed E-state index contributed by atoms with van der Waals surface area (Å²) in [6.45, 7) is 0.644. The molecular formula is C21H22F3N5O6. The van der Waals surface area contributed by atoms with E-state index in [1.807, 2.05) is 5.32 Å². The van der Waals surface area contributed by atoms with Gasteiger partial charge in [0.25, 0.3) is 11.8 Å². The maximum absolute atomic E-state index is 15.0. The first-order chi connectivity index (χ1) is 16.8. The summed E-state index contributed by atoms with van der Waals surface area (Å²) in [5, 5.41) is 6.91. The lowest BCUT2D eigenvalue weighted by Crippen LogP contribution is -2.37. The number of amides is 3. The van der Waals surface area contributed by atoms with E-state index >= 15 is 0 Å². The van der Waals surface area contributed by atoms with Gasteiger partial charge in [-0.15, -0.1) is 0 Å². The summed E-state index contributed by atoms with van der Waals surface area (Å²) in [5.74, 6) is -2.37. The number of hydrogen-bond acceptors (Lipinski definition) is 8. The highest BCUT2D eigenvalue weighted by Gasteiger charge is 2.33. The van der Waals surface area contributed by atoms with Crippen molar-refractivity contribution in [3.8, 4) is 0 Å². The normalized spacial score (nSPS) is 18.6. The fourth-order valence-corrected chi connectivity index (χ4v) is 3.71. The van der Waals surface area contributed by atoms with Gasteiger partial charge in [0.15, 0.2) is 0 Å². The maximum atomic E-state index is 15.0. The van der Waals surface area contributed by atoms with Crippen LogP contribution < -0.4 is 15.1 Å². The Bertz CT molecular complexity index is 1070. The molecule has 0 radical (unpaired) electrons. The van der Waals surface area contributed by atoms with Crippen LogP contribution in [0.2, 0.25) is 0 Å². The van der Waals surface area contributed by atoms with E-state index in [-0.39, 0.29) is 49.9 Å². The minimum absolute atomic E-state index is 0.0122. The summed E-state index contributed by atoms with van der Waals surface area (Å²) in [6.07, 6.45) is -3.42. The van der Waals surface area contributed by atoms with Gasteiger partial charge in [0.2, 0.25) is 0 Å². The first-order valence-corrected chi connectivity index (χ1v) is 10.7. The predicted molar refractivity (Wildman–Crippen MR) is 113 cm³/mol. The van der Waals surface area contributed by atoms with E-state index in [1.165, 1.54) is 23.5 Å². The minimum atomic E-state index is -3.17. The van der Waals surface area contributed by atoms with Crippen molar-refractivity contribution >= 4 is 29.3 Å². The molecule has 2 fully saturated rings. The van der Waals surface area contributed by atoms with E-state index in [4.69, 9.17) is 14.1 Å². The van der Waals surface area contributed by atoms with Gasteiger partial charge in [-0.3, -0.25) is 19.3 Å². The van der Waals surface area contributed by atoms with Crippen LogP contribution in [0.1, 0.15) is 5.69 Å². The molecule has 2 aliphatic rings. The first kappa shape index (κ1) is 24.3. The second kappa shape index (κ2) is 10.6. The average Bonchev–Trinajstić information content (AvgIpc) is 3.39. The smallest absolute Gasteiger partial charge is 0.414 e.